The zero-order chi connectivity index (χ0) is 10.7. The van der Waals surface area contributed by atoms with E-state index < -0.39 is 0 Å². The molecule has 2 aliphatic rings. The predicted molar refractivity (Wildman–Crippen MR) is 62.6 cm³/mol. The van der Waals surface area contributed by atoms with Crippen LogP contribution in [0.15, 0.2) is 0 Å². The lowest BCUT2D eigenvalue weighted by Crippen LogP contribution is -2.26. The van der Waals surface area contributed by atoms with Crippen molar-refractivity contribution in [1.29, 1.82) is 0 Å². The summed E-state index contributed by atoms with van der Waals surface area (Å²) in [6.07, 6.45) is 9.50. The van der Waals surface area contributed by atoms with E-state index in [4.69, 9.17) is 10.5 Å². The minimum atomic E-state index is 0.421. The molecule has 0 aromatic rings. The lowest BCUT2D eigenvalue weighted by Gasteiger charge is -2.24. The van der Waals surface area contributed by atoms with Crippen molar-refractivity contribution in [3.63, 3.8) is 0 Å². The fourth-order valence-electron chi connectivity index (χ4n) is 3.66. The van der Waals surface area contributed by atoms with Gasteiger partial charge in [0.1, 0.15) is 0 Å². The van der Waals surface area contributed by atoms with Gasteiger partial charge < -0.3 is 10.5 Å². The molecule has 2 N–H and O–H groups in total. The summed E-state index contributed by atoms with van der Waals surface area (Å²) in [4.78, 5) is 0. The average molecular weight is 211 g/mol. The smallest absolute Gasteiger partial charge is 0.0462 e. The second kappa shape index (κ2) is 5.31. The second-order valence-corrected chi connectivity index (χ2v) is 5.57. The first kappa shape index (κ1) is 11.4. The van der Waals surface area contributed by atoms with Crippen LogP contribution in [0.4, 0.5) is 0 Å². The molecule has 2 nitrogen and oxygen atoms in total. The molecule has 2 heteroatoms. The Bertz CT molecular complexity index is 195. The fourth-order valence-corrected chi connectivity index (χ4v) is 3.66. The van der Waals surface area contributed by atoms with Crippen LogP contribution in [-0.2, 0) is 4.74 Å². The highest BCUT2D eigenvalue weighted by Crippen LogP contribution is 2.49. The molecule has 0 aromatic carbocycles. The van der Waals surface area contributed by atoms with Crippen LogP contribution in [0.3, 0.4) is 0 Å². The number of fused-ring (bicyclic) bond motifs is 2. The molecule has 0 saturated heterocycles. The molecule has 0 aliphatic heterocycles. The summed E-state index contributed by atoms with van der Waals surface area (Å²) in [6, 6.07) is 0.421. The SMILES string of the molecule is COCCCC(N)CC1CC2CCC1C2. The van der Waals surface area contributed by atoms with E-state index in [1.807, 2.05) is 0 Å². The molecule has 2 bridgehead atoms. The standard InChI is InChI=1S/C13H25NO/c1-15-6-2-3-13(14)9-12-8-10-4-5-11(12)7-10/h10-13H,2-9,14H2,1H3. The van der Waals surface area contributed by atoms with Gasteiger partial charge >= 0.3 is 0 Å². The summed E-state index contributed by atoms with van der Waals surface area (Å²) in [5, 5.41) is 0. The first-order chi connectivity index (χ1) is 7.29. The van der Waals surface area contributed by atoms with E-state index in [0.29, 0.717) is 6.04 Å². The monoisotopic (exact) mass is 211 g/mol. The van der Waals surface area contributed by atoms with Crippen molar-refractivity contribution < 1.29 is 4.74 Å². The van der Waals surface area contributed by atoms with Gasteiger partial charge in [-0.25, -0.2) is 0 Å². The van der Waals surface area contributed by atoms with Crippen LogP contribution in [0.2, 0.25) is 0 Å². The van der Waals surface area contributed by atoms with Gasteiger partial charge in [-0.15, -0.1) is 0 Å². The molecule has 4 atom stereocenters. The number of rotatable bonds is 6. The highest BCUT2D eigenvalue weighted by molar-refractivity contribution is 4.91. The number of methoxy groups -OCH3 is 1. The lowest BCUT2D eigenvalue weighted by molar-refractivity contribution is 0.187. The average Bonchev–Trinajstić information content (AvgIpc) is 2.79. The molecule has 2 aliphatic carbocycles. The van der Waals surface area contributed by atoms with Gasteiger partial charge in [-0.2, -0.15) is 0 Å². The van der Waals surface area contributed by atoms with Gasteiger partial charge in [0, 0.05) is 19.8 Å². The molecule has 4 unspecified atom stereocenters. The van der Waals surface area contributed by atoms with E-state index in [0.717, 1.165) is 37.2 Å². The van der Waals surface area contributed by atoms with Crippen molar-refractivity contribution in [2.24, 2.45) is 23.5 Å². The van der Waals surface area contributed by atoms with E-state index in [-0.39, 0.29) is 0 Å². The fraction of sp³-hybridized carbons (Fsp3) is 1.00. The number of hydrogen-bond acceptors (Lipinski definition) is 2. The molecule has 2 rings (SSSR count). The normalized spacial score (nSPS) is 36.0. The third kappa shape index (κ3) is 2.94. The van der Waals surface area contributed by atoms with Crippen molar-refractivity contribution in [2.75, 3.05) is 13.7 Å². The minimum Gasteiger partial charge on any atom is -0.385 e. The number of ether oxygens (including phenoxy) is 1. The van der Waals surface area contributed by atoms with Gasteiger partial charge in [-0.05, 0) is 56.3 Å². The molecule has 0 amide bonds. The van der Waals surface area contributed by atoms with Crippen LogP contribution < -0.4 is 5.73 Å². The highest BCUT2D eigenvalue weighted by Gasteiger charge is 2.39. The Balaban J connectivity index is 1.64. The Morgan fingerprint density at radius 3 is 2.80 bits per heavy atom. The van der Waals surface area contributed by atoms with E-state index in [1.54, 1.807) is 7.11 Å². The predicted octanol–water partition coefficient (Wildman–Crippen LogP) is 2.57. The van der Waals surface area contributed by atoms with Crippen molar-refractivity contribution in [3.05, 3.63) is 0 Å². The van der Waals surface area contributed by atoms with Gasteiger partial charge in [0.15, 0.2) is 0 Å². The molecule has 0 spiro atoms. The highest BCUT2D eigenvalue weighted by atomic mass is 16.5. The summed E-state index contributed by atoms with van der Waals surface area (Å²) in [5.74, 6) is 3.05. The summed E-state index contributed by atoms with van der Waals surface area (Å²) in [7, 11) is 1.77. The third-order valence-electron chi connectivity index (χ3n) is 4.41. The second-order valence-electron chi connectivity index (χ2n) is 5.57. The topological polar surface area (TPSA) is 35.2 Å². The first-order valence-electron chi connectivity index (χ1n) is 6.54. The Kier molecular flexibility index (Phi) is 4.04. The van der Waals surface area contributed by atoms with Crippen molar-refractivity contribution in [2.45, 2.75) is 51.0 Å². The Labute approximate surface area is 93.6 Å². The molecule has 15 heavy (non-hydrogen) atoms. The number of nitrogens with two attached hydrogens (primary N) is 1. The molecule has 0 radical (unpaired) electrons. The van der Waals surface area contributed by atoms with Crippen molar-refractivity contribution in [3.8, 4) is 0 Å². The largest absolute Gasteiger partial charge is 0.385 e. The van der Waals surface area contributed by atoms with Crippen LogP contribution in [0, 0.1) is 17.8 Å². The third-order valence-corrected chi connectivity index (χ3v) is 4.41. The van der Waals surface area contributed by atoms with Gasteiger partial charge in [0.2, 0.25) is 0 Å². The van der Waals surface area contributed by atoms with Gasteiger partial charge in [-0.1, -0.05) is 6.42 Å². The minimum absolute atomic E-state index is 0.421. The molecular formula is C13H25NO. The quantitative estimate of drug-likeness (QED) is 0.685. The maximum Gasteiger partial charge on any atom is 0.0462 e. The van der Waals surface area contributed by atoms with Gasteiger partial charge in [0.05, 0.1) is 0 Å². The van der Waals surface area contributed by atoms with Gasteiger partial charge in [0.25, 0.3) is 0 Å². The summed E-state index contributed by atoms with van der Waals surface area (Å²) < 4.78 is 5.06. The Hall–Kier alpha value is -0.0800. The van der Waals surface area contributed by atoms with E-state index in [9.17, 15) is 0 Å². The summed E-state index contributed by atoms with van der Waals surface area (Å²) in [5.41, 5.74) is 6.17. The Morgan fingerprint density at radius 2 is 2.20 bits per heavy atom. The Morgan fingerprint density at radius 1 is 1.33 bits per heavy atom. The zero-order valence-electron chi connectivity index (χ0n) is 9.95. The van der Waals surface area contributed by atoms with Crippen LogP contribution in [0.25, 0.3) is 0 Å². The molecule has 88 valence electrons. The van der Waals surface area contributed by atoms with Crippen LogP contribution in [0.5, 0.6) is 0 Å². The van der Waals surface area contributed by atoms with E-state index in [1.165, 1.54) is 32.1 Å². The lowest BCUT2D eigenvalue weighted by atomic mass is 9.83. The van der Waals surface area contributed by atoms with Crippen molar-refractivity contribution in [1.82, 2.24) is 0 Å². The maximum atomic E-state index is 6.17. The van der Waals surface area contributed by atoms with E-state index in [2.05, 4.69) is 0 Å². The van der Waals surface area contributed by atoms with E-state index >= 15 is 0 Å². The molecule has 0 heterocycles. The van der Waals surface area contributed by atoms with Crippen LogP contribution in [-0.4, -0.2) is 19.8 Å². The zero-order valence-corrected chi connectivity index (χ0v) is 9.95. The summed E-state index contributed by atoms with van der Waals surface area (Å²) >= 11 is 0. The molecule has 2 saturated carbocycles. The van der Waals surface area contributed by atoms with Crippen LogP contribution >= 0.6 is 0 Å². The molecule has 0 aromatic heterocycles. The van der Waals surface area contributed by atoms with Gasteiger partial charge in [-0.3, -0.25) is 0 Å². The van der Waals surface area contributed by atoms with Crippen LogP contribution in [0.1, 0.15) is 44.9 Å². The molecule has 2 fully saturated rings. The molecular weight excluding hydrogens is 186 g/mol. The number of hydrogen-bond donors (Lipinski definition) is 1. The maximum absolute atomic E-state index is 6.17. The van der Waals surface area contributed by atoms with Crippen molar-refractivity contribution >= 4 is 0 Å². The first-order valence-corrected chi connectivity index (χ1v) is 6.54. The summed E-state index contributed by atoms with van der Waals surface area (Å²) in [6.45, 7) is 0.865.